The molecule has 1 heterocycles. The molecule has 0 atom stereocenters. The lowest BCUT2D eigenvalue weighted by atomic mass is 10.1. The van der Waals surface area contributed by atoms with Gasteiger partial charge in [-0.25, -0.2) is 4.98 Å². The van der Waals surface area contributed by atoms with E-state index in [0.717, 1.165) is 5.69 Å². The molecule has 19 heavy (non-hydrogen) atoms. The van der Waals surface area contributed by atoms with Crippen LogP contribution in [0.25, 0.3) is 0 Å². The van der Waals surface area contributed by atoms with Gasteiger partial charge in [0, 0.05) is 18.2 Å². The average Bonchev–Trinajstić information content (AvgIpc) is 2.75. The molecule has 1 rings (SSSR count). The molecular formula is C13H20N2O3S. The zero-order valence-corrected chi connectivity index (χ0v) is 12.4. The van der Waals surface area contributed by atoms with Crippen LogP contribution in [0.4, 0.5) is 5.13 Å². The lowest BCUT2D eigenvalue weighted by Crippen LogP contribution is -2.13. The fourth-order valence-corrected chi connectivity index (χ4v) is 2.30. The Morgan fingerprint density at radius 3 is 2.84 bits per heavy atom. The molecule has 0 aromatic carbocycles. The summed E-state index contributed by atoms with van der Waals surface area (Å²) in [6.07, 6.45) is 2.31. The van der Waals surface area contributed by atoms with E-state index in [9.17, 15) is 9.59 Å². The number of rotatable bonds is 7. The van der Waals surface area contributed by atoms with Gasteiger partial charge in [-0.15, -0.1) is 11.3 Å². The molecule has 0 bridgehead atoms. The predicted molar refractivity (Wildman–Crippen MR) is 75.2 cm³/mol. The summed E-state index contributed by atoms with van der Waals surface area (Å²) in [5.74, 6) is 0.116. The number of ether oxygens (including phenoxy) is 1. The lowest BCUT2D eigenvalue weighted by molar-refractivity contribution is -0.140. The van der Waals surface area contributed by atoms with E-state index < -0.39 is 0 Å². The number of anilines is 1. The molecule has 6 heteroatoms. The fourth-order valence-electron chi connectivity index (χ4n) is 1.54. The van der Waals surface area contributed by atoms with Gasteiger partial charge in [-0.05, 0) is 18.8 Å². The first kappa shape index (κ1) is 15.6. The van der Waals surface area contributed by atoms with Crippen LogP contribution in [-0.4, -0.2) is 24.0 Å². The average molecular weight is 284 g/mol. The summed E-state index contributed by atoms with van der Waals surface area (Å²) in [4.78, 5) is 26.8. The largest absolute Gasteiger partial charge is 0.469 e. The number of hydrogen-bond acceptors (Lipinski definition) is 5. The third-order valence-corrected chi connectivity index (χ3v) is 3.24. The van der Waals surface area contributed by atoms with Gasteiger partial charge in [0.1, 0.15) is 0 Å². The molecule has 0 saturated heterocycles. The maximum Gasteiger partial charge on any atom is 0.305 e. The third kappa shape index (κ3) is 6.33. The Hall–Kier alpha value is -1.43. The molecule has 1 aromatic heterocycles. The van der Waals surface area contributed by atoms with Crippen molar-refractivity contribution in [2.45, 2.75) is 39.5 Å². The van der Waals surface area contributed by atoms with Gasteiger partial charge in [0.15, 0.2) is 5.13 Å². The summed E-state index contributed by atoms with van der Waals surface area (Å²) in [5, 5.41) is 5.31. The highest BCUT2D eigenvalue weighted by Crippen LogP contribution is 2.17. The lowest BCUT2D eigenvalue weighted by Gasteiger charge is -2.03. The van der Waals surface area contributed by atoms with Crippen molar-refractivity contribution in [2.75, 3.05) is 12.4 Å². The van der Waals surface area contributed by atoms with Crippen LogP contribution in [0.5, 0.6) is 0 Å². The van der Waals surface area contributed by atoms with Crippen molar-refractivity contribution in [3.8, 4) is 0 Å². The van der Waals surface area contributed by atoms with E-state index in [-0.39, 0.29) is 11.9 Å². The van der Waals surface area contributed by atoms with Crippen molar-refractivity contribution >= 4 is 28.3 Å². The van der Waals surface area contributed by atoms with Crippen molar-refractivity contribution in [2.24, 2.45) is 5.92 Å². The molecular weight excluding hydrogens is 264 g/mol. The van der Waals surface area contributed by atoms with Crippen LogP contribution in [0.1, 0.15) is 38.8 Å². The monoisotopic (exact) mass is 284 g/mol. The quantitative estimate of drug-likeness (QED) is 0.781. The molecule has 0 aliphatic heterocycles. The molecule has 1 amide bonds. The standard InChI is InChI=1S/C13H20N2O3S/c1-9(2)7-11(16)15-13-14-10(8-19-13)5-4-6-12(17)18-3/h8-9H,4-7H2,1-3H3,(H,14,15,16). The highest BCUT2D eigenvalue weighted by atomic mass is 32.1. The van der Waals surface area contributed by atoms with Gasteiger partial charge < -0.3 is 10.1 Å². The van der Waals surface area contributed by atoms with Gasteiger partial charge in [0.05, 0.1) is 12.8 Å². The van der Waals surface area contributed by atoms with E-state index in [1.165, 1.54) is 18.4 Å². The van der Waals surface area contributed by atoms with Gasteiger partial charge >= 0.3 is 5.97 Å². The van der Waals surface area contributed by atoms with Crippen LogP contribution in [-0.2, 0) is 20.7 Å². The van der Waals surface area contributed by atoms with Crippen LogP contribution in [0.15, 0.2) is 5.38 Å². The number of methoxy groups -OCH3 is 1. The van der Waals surface area contributed by atoms with Crippen LogP contribution < -0.4 is 5.32 Å². The Kier molecular flexibility index (Phi) is 6.49. The molecule has 1 aromatic rings. The minimum absolute atomic E-state index is 0.00883. The Morgan fingerprint density at radius 2 is 2.21 bits per heavy atom. The number of nitrogens with one attached hydrogen (secondary N) is 1. The molecule has 5 nitrogen and oxygen atoms in total. The molecule has 106 valence electrons. The molecule has 0 radical (unpaired) electrons. The summed E-state index contributed by atoms with van der Waals surface area (Å²) >= 11 is 1.41. The van der Waals surface area contributed by atoms with E-state index in [2.05, 4.69) is 15.0 Å². The summed E-state index contributed by atoms with van der Waals surface area (Å²) in [7, 11) is 1.38. The second kappa shape index (κ2) is 7.89. The summed E-state index contributed by atoms with van der Waals surface area (Å²) in [6.45, 7) is 4.00. The maximum atomic E-state index is 11.6. The number of aryl methyl sites for hydroxylation is 1. The van der Waals surface area contributed by atoms with E-state index in [4.69, 9.17) is 0 Å². The highest BCUT2D eigenvalue weighted by molar-refractivity contribution is 7.13. The minimum atomic E-state index is -0.208. The van der Waals surface area contributed by atoms with Crippen LogP contribution >= 0.6 is 11.3 Å². The van der Waals surface area contributed by atoms with Crippen LogP contribution in [0, 0.1) is 5.92 Å². The van der Waals surface area contributed by atoms with Crippen LogP contribution in [0.3, 0.4) is 0 Å². The van der Waals surface area contributed by atoms with Gasteiger partial charge in [-0.1, -0.05) is 13.8 Å². The normalized spacial score (nSPS) is 10.5. The summed E-state index contributed by atoms with van der Waals surface area (Å²) < 4.78 is 4.57. The Labute approximate surface area is 117 Å². The number of aromatic nitrogens is 1. The van der Waals surface area contributed by atoms with Crippen molar-refractivity contribution < 1.29 is 14.3 Å². The first-order valence-corrected chi connectivity index (χ1v) is 7.20. The zero-order valence-electron chi connectivity index (χ0n) is 11.6. The Balaban J connectivity index is 2.36. The van der Waals surface area contributed by atoms with Crippen molar-refractivity contribution in [1.29, 1.82) is 0 Å². The number of nitrogens with zero attached hydrogens (tertiary/aromatic N) is 1. The second-order valence-corrected chi connectivity index (χ2v) is 5.58. The SMILES string of the molecule is COC(=O)CCCc1csc(NC(=O)CC(C)C)n1. The maximum absolute atomic E-state index is 11.6. The van der Waals surface area contributed by atoms with E-state index in [1.807, 2.05) is 19.2 Å². The predicted octanol–water partition coefficient (Wildman–Crippen LogP) is 2.62. The Morgan fingerprint density at radius 1 is 1.47 bits per heavy atom. The van der Waals surface area contributed by atoms with Crippen molar-refractivity contribution in [3.05, 3.63) is 11.1 Å². The molecule has 0 aliphatic rings. The topological polar surface area (TPSA) is 68.3 Å². The van der Waals surface area contributed by atoms with E-state index >= 15 is 0 Å². The van der Waals surface area contributed by atoms with Crippen LogP contribution in [0.2, 0.25) is 0 Å². The fraction of sp³-hybridized carbons (Fsp3) is 0.615. The second-order valence-electron chi connectivity index (χ2n) is 4.72. The zero-order chi connectivity index (χ0) is 14.3. The number of carbonyl (C=O) groups is 2. The number of amides is 1. The summed E-state index contributed by atoms with van der Waals surface area (Å²) in [6, 6.07) is 0. The van der Waals surface area contributed by atoms with E-state index in [1.54, 1.807) is 0 Å². The van der Waals surface area contributed by atoms with Gasteiger partial charge in [0.25, 0.3) is 0 Å². The molecule has 0 fully saturated rings. The van der Waals surface area contributed by atoms with Crippen molar-refractivity contribution in [3.63, 3.8) is 0 Å². The Bertz CT molecular complexity index is 429. The highest BCUT2D eigenvalue weighted by Gasteiger charge is 2.09. The summed E-state index contributed by atoms with van der Waals surface area (Å²) in [5.41, 5.74) is 0.897. The van der Waals surface area contributed by atoms with Gasteiger partial charge in [-0.2, -0.15) is 0 Å². The van der Waals surface area contributed by atoms with E-state index in [0.29, 0.717) is 36.7 Å². The van der Waals surface area contributed by atoms with Gasteiger partial charge in [-0.3, -0.25) is 9.59 Å². The molecule has 0 unspecified atom stereocenters. The first-order chi connectivity index (χ1) is 9.01. The molecule has 0 saturated carbocycles. The number of carbonyl (C=O) groups excluding carboxylic acids is 2. The van der Waals surface area contributed by atoms with Crippen molar-refractivity contribution in [1.82, 2.24) is 4.98 Å². The van der Waals surface area contributed by atoms with Gasteiger partial charge in [0.2, 0.25) is 5.91 Å². The minimum Gasteiger partial charge on any atom is -0.469 e. The number of hydrogen-bond donors (Lipinski definition) is 1. The molecule has 0 spiro atoms. The first-order valence-electron chi connectivity index (χ1n) is 6.32. The number of thiazole rings is 1. The third-order valence-electron chi connectivity index (χ3n) is 2.43. The molecule has 0 aliphatic carbocycles. The smallest absolute Gasteiger partial charge is 0.305 e. The molecule has 1 N–H and O–H groups in total. The number of esters is 1.